The second kappa shape index (κ2) is 6.53. The van der Waals surface area contributed by atoms with Crippen LogP contribution >= 0.6 is 11.6 Å². The molecule has 0 radical (unpaired) electrons. The molecular weight excluding hydrogens is 352 g/mol. The van der Waals surface area contributed by atoms with E-state index in [2.05, 4.69) is 25.4 Å². The van der Waals surface area contributed by atoms with E-state index in [4.69, 9.17) is 11.6 Å². The Morgan fingerprint density at radius 2 is 1.85 bits per heavy atom. The Hall–Kier alpha value is -3.32. The molecule has 4 rings (SSSR count). The number of halogens is 1. The van der Waals surface area contributed by atoms with E-state index in [1.807, 2.05) is 30.3 Å². The van der Waals surface area contributed by atoms with Gasteiger partial charge in [-0.25, -0.2) is 15.0 Å². The summed E-state index contributed by atoms with van der Waals surface area (Å²) in [7, 11) is 0. The molecule has 3 aromatic heterocycles. The number of hydrogen-bond donors (Lipinski definition) is 1. The van der Waals surface area contributed by atoms with E-state index in [0.29, 0.717) is 27.9 Å². The summed E-state index contributed by atoms with van der Waals surface area (Å²) in [4.78, 5) is 24.7. The predicted molar refractivity (Wildman–Crippen MR) is 98.2 cm³/mol. The summed E-state index contributed by atoms with van der Waals surface area (Å²) in [6.07, 6.45) is 3.02. The lowest BCUT2D eigenvalue weighted by Gasteiger charge is -2.07. The molecule has 1 aromatic carbocycles. The lowest BCUT2D eigenvalue weighted by atomic mass is 10.1. The Balaban J connectivity index is 1.77. The minimum atomic E-state index is -0.430. The monoisotopic (exact) mass is 364 g/mol. The zero-order chi connectivity index (χ0) is 18.1. The Kier molecular flexibility index (Phi) is 4.06. The fourth-order valence-corrected chi connectivity index (χ4v) is 2.81. The minimum Gasteiger partial charge on any atom is -0.302 e. The van der Waals surface area contributed by atoms with Crippen LogP contribution in [0.4, 0.5) is 5.82 Å². The number of benzene rings is 1. The van der Waals surface area contributed by atoms with Gasteiger partial charge in [0.1, 0.15) is 0 Å². The Bertz CT molecular complexity index is 1110. The number of carbonyl (C=O) groups excluding carboxylic acids is 1. The van der Waals surface area contributed by atoms with Crippen molar-refractivity contribution in [1.82, 2.24) is 24.6 Å². The molecule has 26 heavy (non-hydrogen) atoms. The van der Waals surface area contributed by atoms with Crippen molar-refractivity contribution >= 4 is 29.0 Å². The van der Waals surface area contributed by atoms with Gasteiger partial charge < -0.3 is 5.32 Å². The predicted octanol–water partition coefficient (Wildman–Crippen LogP) is 3.40. The maximum absolute atomic E-state index is 12.4. The summed E-state index contributed by atoms with van der Waals surface area (Å²) in [5.74, 6) is 0.107. The number of anilines is 1. The number of hydrogen-bond acceptors (Lipinski definition) is 5. The highest BCUT2D eigenvalue weighted by Crippen LogP contribution is 2.27. The molecule has 0 aliphatic rings. The second-order valence-corrected chi connectivity index (χ2v) is 5.95. The average Bonchev–Trinajstić information content (AvgIpc) is 2.97. The van der Waals surface area contributed by atoms with E-state index in [1.54, 1.807) is 23.6 Å². The van der Waals surface area contributed by atoms with E-state index in [9.17, 15) is 4.79 Å². The quantitative estimate of drug-likeness (QED) is 0.602. The summed E-state index contributed by atoms with van der Waals surface area (Å²) >= 11 is 6.27. The number of carbonyl (C=O) groups is 1. The van der Waals surface area contributed by atoms with Crippen molar-refractivity contribution in [3.8, 4) is 11.3 Å². The van der Waals surface area contributed by atoms with Crippen LogP contribution in [0.2, 0.25) is 5.02 Å². The van der Waals surface area contributed by atoms with Gasteiger partial charge in [-0.1, -0.05) is 29.8 Å². The normalized spacial score (nSPS) is 10.8. The zero-order valence-corrected chi connectivity index (χ0v) is 14.5. The van der Waals surface area contributed by atoms with Crippen LogP contribution in [0.25, 0.3) is 16.9 Å². The molecule has 0 bridgehead atoms. The maximum Gasteiger partial charge on any atom is 0.294 e. The van der Waals surface area contributed by atoms with Gasteiger partial charge in [0.15, 0.2) is 11.5 Å². The van der Waals surface area contributed by atoms with Crippen LogP contribution in [-0.4, -0.2) is 30.5 Å². The van der Waals surface area contributed by atoms with Gasteiger partial charge in [-0.15, -0.1) is 0 Å². The van der Waals surface area contributed by atoms with E-state index in [-0.39, 0.29) is 5.82 Å². The van der Waals surface area contributed by atoms with Gasteiger partial charge in [-0.05, 0) is 31.2 Å². The number of rotatable bonds is 3. The number of amides is 1. The van der Waals surface area contributed by atoms with Crippen molar-refractivity contribution in [2.24, 2.45) is 0 Å². The molecule has 0 aliphatic heterocycles. The van der Waals surface area contributed by atoms with Gasteiger partial charge in [0.05, 0.1) is 16.4 Å². The third-order valence-electron chi connectivity index (χ3n) is 3.80. The Morgan fingerprint density at radius 1 is 1.08 bits per heavy atom. The molecule has 0 atom stereocenters. The number of imidazole rings is 1. The molecule has 0 spiro atoms. The highest BCUT2D eigenvalue weighted by Gasteiger charge is 2.16. The molecule has 0 saturated carbocycles. The second-order valence-electron chi connectivity index (χ2n) is 5.54. The third kappa shape index (κ3) is 2.89. The van der Waals surface area contributed by atoms with Crippen molar-refractivity contribution in [3.63, 3.8) is 0 Å². The van der Waals surface area contributed by atoms with Crippen LogP contribution in [0.5, 0.6) is 0 Å². The van der Waals surface area contributed by atoms with Gasteiger partial charge in [0, 0.05) is 18.0 Å². The molecule has 4 aromatic rings. The van der Waals surface area contributed by atoms with Crippen molar-refractivity contribution < 1.29 is 4.79 Å². The molecule has 128 valence electrons. The molecule has 0 aliphatic carbocycles. The van der Waals surface area contributed by atoms with Crippen LogP contribution in [0.3, 0.4) is 0 Å². The molecule has 1 amide bonds. The first-order valence-corrected chi connectivity index (χ1v) is 8.21. The van der Waals surface area contributed by atoms with E-state index in [0.717, 1.165) is 5.56 Å². The van der Waals surface area contributed by atoms with Crippen LogP contribution in [-0.2, 0) is 0 Å². The van der Waals surface area contributed by atoms with Crippen LogP contribution < -0.4 is 5.32 Å². The SMILES string of the molecule is Cc1nc2ccc(-c3ccccc3Cl)nn2c1NC(=O)c1ncccn1. The fraction of sp³-hybridized carbons (Fsp3) is 0.0556. The highest BCUT2D eigenvalue weighted by atomic mass is 35.5. The summed E-state index contributed by atoms with van der Waals surface area (Å²) in [5.41, 5.74) is 2.72. The fourth-order valence-electron chi connectivity index (χ4n) is 2.58. The summed E-state index contributed by atoms with van der Waals surface area (Å²) < 4.78 is 1.58. The Morgan fingerprint density at radius 3 is 2.62 bits per heavy atom. The lowest BCUT2D eigenvalue weighted by Crippen LogP contribution is -2.17. The first kappa shape index (κ1) is 16.2. The van der Waals surface area contributed by atoms with Gasteiger partial charge in [-0.3, -0.25) is 4.79 Å². The number of fused-ring (bicyclic) bond motifs is 1. The smallest absolute Gasteiger partial charge is 0.294 e. The van der Waals surface area contributed by atoms with Gasteiger partial charge in [-0.2, -0.15) is 9.61 Å². The number of aryl methyl sites for hydroxylation is 1. The molecule has 1 N–H and O–H groups in total. The van der Waals surface area contributed by atoms with Crippen LogP contribution in [0.1, 0.15) is 16.3 Å². The largest absolute Gasteiger partial charge is 0.302 e. The van der Waals surface area contributed by atoms with E-state index in [1.165, 1.54) is 12.4 Å². The van der Waals surface area contributed by atoms with E-state index < -0.39 is 5.91 Å². The van der Waals surface area contributed by atoms with Crippen molar-refractivity contribution in [2.75, 3.05) is 5.32 Å². The number of nitrogens with zero attached hydrogens (tertiary/aromatic N) is 5. The molecule has 7 nitrogen and oxygen atoms in total. The van der Waals surface area contributed by atoms with Crippen molar-refractivity contribution in [3.05, 3.63) is 71.4 Å². The molecule has 8 heteroatoms. The maximum atomic E-state index is 12.4. The van der Waals surface area contributed by atoms with Gasteiger partial charge in [0.2, 0.25) is 5.82 Å². The summed E-state index contributed by atoms with van der Waals surface area (Å²) in [6, 6.07) is 12.8. The summed E-state index contributed by atoms with van der Waals surface area (Å²) in [5, 5.41) is 7.97. The van der Waals surface area contributed by atoms with Crippen molar-refractivity contribution in [2.45, 2.75) is 6.92 Å². The first-order valence-electron chi connectivity index (χ1n) is 7.83. The summed E-state index contributed by atoms with van der Waals surface area (Å²) in [6.45, 7) is 1.80. The van der Waals surface area contributed by atoms with Gasteiger partial charge in [0.25, 0.3) is 5.91 Å². The highest BCUT2D eigenvalue weighted by molar-refractivity contribution is 6.33. The van der Waals surface area contributed by atoms with Crippen LogP contribution in [0, 0.1) is 6.92 Å². The van der Waals surface area contributed by atoms with Crippen LogP contribution in [0.15, 0.2) is 54.9 Å². The third-order valence-corrected chi connectivity index (χ3v) is 4.13. The first-order chi connectivity index (χ1) is 12.6. The van der Waals surface area contributed by atoms with Crippen molar-refractivity contribution in [1.29, 1.82) is 0 Å². The zero-order valence-electron chi connectivity index (χ0n) is 13.7. The average molecular weight is 365 g/mol. The van der Waals surface area contributed by atoms with Gasteiger partial charge >= 0.3 is 0 Å². The molecular formula is C18H13ClN6O. The molecule has 0 saturated heterocycles. The Labute approximate surface area is 153 Å². The lowest BCUT2D eigenvalue weighted by molar-refractivity contribution is 0.101. The number of aromatic nitrogens is 5. The van der Waals surface area contributed by atoms with E-state index >= 15 is 0 Å². The molecule has 0 unspecified atom stereocenters. The minimum absolute atomic E-state index is 0.0732. The molecule has 0 fully saturated rings. The topological polar surface area (TPSA) is 85.1 Å². The molecule has 3 heterocycles. The standard InChI is InChI=1S/C18H13ClN6O/c1-11-17(23-18(26)16-20-9-4-10-21-16)25-15(22-11)8-7-14(24-25)12-5-2-3-6-13(12)19/h2-10H,1H3,(H,23,26). The number of nitrogens with one attached hydrogen (secondary N) is 1.